The number of hydrogen-bond acceptors (Lipinski definition) is 6. The van der Waals surface area contributed by atoms with Crippen LogP contribution in [0.1, 0.15) is 28.1 Å². The number of carbonyl (C=O) groups is 1. The van der Waals surface area contributed by atoms with Crippen molar-refractivity contribution in [2.75, 3.05) is 18.0 Å². The van der Waals surface area contributed by atoms with Gasteiger partial charge in [-0.2, -0.15) is 5.26 Å². The molecule has 3 rings (SSSR count). The monoisotopic (exact) mass is 404 g/mol. The van der Waals surface area contributed by atoms with Gasteiger partial charge >= 0.3 is 0 Å². The van der Waals surface area contributed by atoms with Crippen LogP contribution >= 0.6 is 23.2 Å². The Morgan fingerprint density at radius 2 is 1.96 bits per heavy atom. The standard InChI is InChI=1S/C19H18Cl2N4O2/c20-19(21)13-3-1-12(2-4-13)7-16(26)8-14-10-25(11-17(14)27)18-6-5-15(9-22)23-24-18/h1-6,14,17,19,27H,7-8,10-11H2/t14?,17-/m1/s1. The predicted octanol–water partition coefficient (Wildman–Crippen LogP) is 2.82. The van der Waals surface area contributed by atoms with Gasteiger partial charge in [-0.05, 0) is 23.3 Å². The Bertz CT molecular complexity index is 834. The highest BCUT2D eigenvalue weighted by molar-refractivity contribution is 6.44. The minimum atomic E-state index is -0.609. The number of anilines is 1. The van der Waals surface area contributed by atoms with Crippen LogP contribution in [-0.4, -0.2) is 40.3 Å². The fraction of sp³-hybridized carbons (Fsp3) is 0.368. The fourth-order valence-corrected chi connectivity index (χ4v) is 3.46. The molecule has 0 bridgehead atoms. The predicted molar refractivity (Wildman–Crippen MR) is 103 cm³/mol. The van der Waals surface area contributed by atoms with Crippen LogP contribution in [0.5, 0.6) is 0 Å². The SMILES string of the molecule is N#Cc1ccc(N2CC(CC(=O)Cc3ccc(C(Cl)Cl)cc3)[C@H](O)C2)nn1. The number of alkyl halides is 2. The lowest BCUT2D eigenvalue weighted by Gasteiger charge is -2.16. The largest absolute Gasteiger partial charge is 0.391 e. The molecule has 0 radical (unpaired) electrons. The molecule has 0 aliphatic carbocycles. The molecule has 1 unspecified atom stereocenters. The maximum absolute atomic E-state index is 12.4. The molecule has 2 aromatic rings. The molecule has 2 heterocycles. The molecule has 27 heavy (non-hydrogen) atoms. The molecule has 2 atom stereocenters. The Morgan fingerprint density at radius 1 is 1.22 bits per heavy atom. The minimum Gasteiger partial charge on any atom is -0.391 e. The number of nitriles is 1. The minimum absolute atomic E-state index is 0.0628. The van der Waals surface area contributed by atoms with Crippen LogP contribution in [0, 0.1) is 17.2 Å². The molecule has 140 valence electrons. The number of ketones is 1. The zero-order chi connectivity index (χ0) is 19.4. The topological polar surface area (TPSA) is 90.1 Å². The number of nitrogens with zero attached hydrogens (tertiary/aromatic N) is 4. The van der Waals surface area contributed by atoms with Crippen molar-refractivity contribution in [1.29, 1.82) is 5.26 Å². The van der Waals surface area contributed by atoms with Crippen molar-refractivity contribution in [2.45, 2.75) is 23.8 Å². The van der Waals surface area contributed by atoms with Gasteiger partial charge in [0.05, 0.1) is 6.10 Å². The summed E-state index contributed by atoms with van der Waals surface area (Å²) >= 11 is 11.6. The summed E-state index contributed by atoms with van der Waals surface area (Å²) in [7, 11) is 0. The molecule has 1 aliphatic rings. The lowest BCUT2D eigenvalue weighted by Crippen LogP contribution is -2.22. The van der Waals surface area contributed by atoms with E-state index >= 15 is 0 Å². The summed E-state index contributed by atoms with van der Waals surface area (Å²) in [4.78, 5) is 13.7. The average Bonchev–Trinajstić information content (AvgIpc) is 3.02. The number of aliphatic hydroxyl groups excluding tert-OH is 1. The number of carbonyl (C=O) groups excluding carboxylic acids is 1. The van der Waals surface area contributed by atoms with Crippen molar-refractivity contribution in [3.05, 3.63) is 53.2 Å². The van der Waals surface area contributed by atoms with Crippen molar-refractivity contribution in [1.82, 2.24) is 10.2 Å². The molecule has 1 saturated heterocycles. The summed E-state index contributed by atoms with van der Waals surface area (Å²) in [6.07, 6.45) is -0.0198. The molecule has 8 heteroatoms. The molecule has 1 N–H and O–H groups in total. The van der Waals surface area contributed by atoms with Gasteiger partial charge in [0.15, 0.2) is 11.5 Å². The summed E-state index contributed by atoms with van der Waals surface area (Å²) in [6.45, 7) is 0.909. The quantitative estimate of drug-likeness (QED) is 0.744. The van der Waals surface area contributed by atoms with Gasteiger partial charge in [0.25, 0.3) is 0 Å². The number of aliphatic hydroxyl groups is 1. The van der Waals surface area contributed by atoms with E-state index in [2.05, 4.69) is 10.2 Å². The third kappa shape index (κ3) is 4.95. The number of Topliss-reactive ketones (excluding diaryl/α,β-unsaturated/α-hetero) is 1. The van der Waals surface area contributed by atoms with Crippen LogP contribution < -0.4 is 4.90 Å². The summed E-state index contributed by atoms with van der Waals surface area (Å²) in [5.74, 6) is 0.493. The van der Waals surface area contributed by atoms with Crippen LogP contribution in [-0.2, 0) is 11.2 Å². The summed E-state index contributed by atoms with van der Waals surface area (Å²) in [5, 5.41) is 26.9. The highest BCUT2D eigenvalue weighted by Crippen LogP contribution is 2.26. The number of hydrogen-bond donors (Lipinski definition) is 1. The maximum atomic E-state index is 12.4. The van der Waals surface area contributed by atoms with Crippen molar-refractivity contribution in [3.8, 4) is 6.07 Å². The molecule has 0 spiro atoms. The van der Waals surface area contributed by atoms with Gasteiger partial charge in [0, 0.05) is 31.8 Å². The molecule has 1 aliphatic heterocycles. The van der Waals surface area contributed by atoms with Gasteiger partial charge in [-0.15, -0.1) is 33.4 Å². The van der Waals surface area contributed by atoms with E-state index in [1.807, 2.05) is 35.2 Å². The molecule has 6 nitrogen and oxygen atoms in total. The molecule has 0 saturated carbocycles. The van der Waals surface area contributed by atoms with Crippen LogP contribution in [0.2, 0.25) is 0 Å². The van der Waals surface area contributed by atoms with E-state index in [4.69, 9.17) is 28.5 Å². The van der Waals surface area contributed by atoms with E-state index in [1.165, 1.54) is 0 Å². The molecular formula is C19H18Cl2N4O2. The average molecular weight is 405 g/mol. The van der Waals surface area contributed by atoms with Crippen LogP contribution in [0.3, 0.4) is 0 Å². The van der Waals surface area contributed by atoms with Crippen LogP contribution in [0.15, 0.2) is 36.4 Å². The van der Waals surface area contributed by atoms with Gasteiger partial charge in [-0.3, -0.25) is 4.79 Å². The van der Waals surface area contributed by atoms with Gasteiger partial charge < -0.3 is 10.0 Å². The Balaban J connectivity index is 1.56. The first kappa shape index (κ1) is 19.6. The highest BCUT2D eigenvalue weighted by atomic mass is 35.5. The first-order chi connectivity index (χ1) is 13.0. The number of benzene rings is 1. The van der Waals surface area contributed by atoms with E-state index in [0.717, 1.165) is 11.1 Å². The lowest BCUT2D eigenvalue weighted by molar-refractivity contribution is -0.119. The zero-order valence-electron chi connectivity index (χ0n) is 14.4. The van der Waals surface area contributed by atoms with E-state index in [9.17, 15) is 9.90 Å². The molecule has 0 amide bonds. The Hall–Kier alpha value is -2.20. The number of β-amino-alcohol motifs (C(OH)–C–C–N with tert-alkyl or cyclic N) is 1. The van der Waals surface area contributed by atoms with Gasteiger partial charge in [-0.25, -0.2) is 0 Å². The Morgan fingerprint density at radius 3 is 2.56 bits per heavy atom. The molecular weight excluding hydrogens is 387 g/mol. The van der Waals surface area contributed by atoms with E-state index < -0.39 is 10.9 Å². The van der Waals surface area contributed by atoms with E-state index in [1.54, 1.807) is 12.1 Å². The van der Waals surface area contributed by atoms with Gasteiger partial charge in [0.2, 0.25) is 0 Å². The van der Waals surface area contributed by atoms with Crippen molar-refractivity contribution >= 4 is 34.8 Å². The summed E-state index contributed by atoms with van der Waals surface area (Å²) in [6, 6.07) is 12.5. The first-order valence-corrected chi connectivity index (χ1v) is 9.39. The second-order valence-electron chi connectivity index (χ2n) is 6.58. The van der Waals surface area contributed by atoms with Gasteiger partial charge in [0.1, 0.15) is 16.7 Å². The molecule has 1 aromatic carbocycles. The second-order valence-corrected chi connectivity index (χ2v) is 7.68. The molecule has 1 aromatic heterocycles. The normalized spacial score (nSPS) is 19.3. The lowest BCUT2D eigenvalue weighted by atomic mass is 9.96. The smallest absolute Gasteiger partial charge is 0.163 e. The number of halogens is 2. The maximum Gasteiger partial charge on any atom is 0.163 e. The van der Waals surface area contributed by atoms with Crippen LogP contribution in [0.25, 0.3) is 0 Å². The van der Waals surface area contributed by atoms with Crippen LogP contribution in [0.4, 0.5) is 5.82 Å². The van der Waals surface area contributed by atoms with E-state index in [-0.39, 0.29) is 23.8 Å². The fourth-order valence-electron chi connectivity index (χ4n) is 3.17. The van der Waals surface area contributed by atoms with Crippen molar-refractivity contribution < 1.29 is 9.90 Å². The zero-order valence-corrected chi connectivity index (χ0v) is 15.9. The second kappa shape index (κ2) is 8.66. The number of rotatable bonds is 6. The summed E-state index contributed by atoms with van der Waals surface area (Å²) < 4.78 is 0. The highest BCUT2D eigenvalue weighted by Gasteiger charge is 2.33. The van der Waals surface area contributed by atoms with E-state index in [0.29, 0.717) is 25.3 Å². The third-order valence-electron chi connectivity index (χ3n) is 4.62. The Labute approximate surface area is 167 Å². The van der Waals surface area contributed by atoms with Crippen molar-refractivity contribution in [3.63, 3.8) is 0 Å². The Kier molecular flexibility index (Phi) is 6.27. The third-order valence-corrected chi connectivity index (χ3v) is 5.12. The molecule has 1 fully saturated rings. The first-order valence-electron chi connectivity index (χ1n) is 8.52. The van der Waals surface area contributed by atoms with Crippen molar-refractivity contribution in [2.24, 2.45) is 5.92 Å². The number of aromatic nitrogens is 2. The van der Waals surface area contributed by atoms with Gasteiger partial charge in [-0.1, -0.05) is 24.3 Å². The summed E-state index contributed by atoms with van der Waals surface area (Å²) in [5.41, 5.74) is 1.92.